The van der Waals surface area contributed by atoms with Crippen molar-refractivity contribution < 1.29 is 17.9 Å². The van der Waals surface area contributed by atoms with E-state index in [0.29, 0.717) is 31.2 Å². The first kappa shape index (κ1) is 18.2. The molecule has 1 aromatic rings. The number of rotatable bonds is 6. The molecule has 0 spiro atoms. The monoisotopic (exact) mass is 366 g/mol. The summed E-state index contributed by atoms with van der Waals surface area (Å²) in [5.74, 6) is 0.228. The Balaban J connectivity index is 1.42. The summed E-state index contributed by atoms with van der Waals surface area (Å²) in [7, 11) is -3.03. The predicted molar refractivity (Wildman–Crippen MR) is 97.3 cm³/mol. The third kappa shape index (κ3) is 5.19. The first-order valence-electron chi connectivity index (χ1n) is 9.00. The zero-order valence-electron chi connectivity index (χ0n) is 14.4. The molecule has 1 saturated carbocycles. The number of hydrogen-bond acceptors (Lipinski definition) is 4. The van der Waals surface area contributed by atoms with E-state index < -0.39 is 15.1 Å². The number of anilines is 1. The third-order valence-electron chi connectivity index (χ3n) is 4.95. The second kappa shape index (κ2) is 8.19. The molecule has 6 nitrogen and oxygen atoms in total. The fourth-order valence-corrected chi connectivity index (χ4v) is 5.19. The van der Waals surface area contributed by atoms with Crippen molar-refractivity contribution in [2.45, 2.75) is 56.5 Å². The van der Waals surface area contributed by atoms with Gasteiger partial charge in [0.05, 0.1) is 23.7 Å². The normalized spacial score (nSPS) is 22.8. The Morgan fingerprint density at radius 2 is 1.80 bits per heavy atom. The average molecular weight is 366 g/mol. The van der Waals surface area contributed by atoms with E-state index in [0.717, 1.165) is 18.4 Å². The molecule has 0 aromatic heterocycles. The Bertz CT molecular complexity index is 682. The molecule has 3 rings (SSSR count). The van der Waals surface area contributed by atoms with Gasteiger partial charge in [-0.05, 0) is 43.4 Å². The van der Waals surface area contributed by atoms with E-state index in [2.05, 4.69) is 10.6 Å². The van der Waals surface area contributed by atoms with E-state index in [1.807, 2.05) is 24.3 Å². The third-order valence-corrected chi connectivity index (χ3v) is 7.23. The molecule has 1 aliphatic heterocycles. The molecule has 0 bridgehead atoms. The van der Waals surface area contributed by atoms with Crippen LogP contribution in [0, 0.1) is 0 Å². The van der Waals surface area contributed by atoms with Crippen LogP contribution in [-0.2, 0) is 21.2 Å². The Kier molecular flexibility index (Phi) is 5.96. The van der Waals surface area contributed by atoms with E-state index in [-0.39, 0.29) is 18.3 Å². The van der Waals surface area contributed by atoms with Gasteiger partial charge >= 0.3 is 6.03 Å². The van der Waals surface area contributed by atoms with Crippen LogP contribution in [0.2, 0.25) is 0 Å². The molecule has 2 N–H and O–H groups in total. The number of sulfone groups is 1. The maximum absolute atomic E-state index is 11.9. The lowest BCUT2D eigenvalue weighted by Crippen LogP contribution is -2.37. The van der Waals surface area contributed by atoms with Gasteiger partial charge < -0.3 is 15.4 Å². The molecule has 7 heteroatoms. The van der Waals surface area contributed by atoms with E-state index in [1.54, 1.807) is 0 Å². The molecule has 1 aromatic carbocycles. The van der Waals surface area contributed by atoms with Crippen LogP contribution in [0.4, 0.5) is 10.5 Å². The smallest absolute Gasteiger partial charge is 0.319 e. The Morgan fingerprint density at radius 1 is 1.08 bits per heavy atom. The van der Waals surface area contributed by atoms with E-state index in [1.165, 1.54) is 12.8 Å². The van der Waals surface area contributed by atoms with Gasteiger partial charge in [0.1, 0.15) is 0 Å². The summed E-state index contributed by atoms with van der Waals surface area (Å²) in [4.78, 5) is 11.9. The van der Waals surface area contributed by atoms with E-state index in [4.69, 9.17) is 4.74 Å². The maximum Gasteiger partial charge on any atom is 0.319 e. The molecule has 2 fully saturated rings. The molecular weight excluding hydrogens is 340 g/mol. The second-order valence-corrected chi connectivity index (χ2v) is 9.28. The van der Waals surface area contributed by atoms with Crippen molar-refractivity contribution >= 4 is 21.6 Å². The molecule has 2 amide bonds. The minimum absolute atomic E-state index is 0.168. The minimum atomic E-state index is -3.03. The minimum Gasteiger partial charge on any atom is -0.374 e. The van der Waals surface area contributed by atoms with Gasteiger partial charge in [-0.1, -0.05) is 25.0 Å². The van der Waals surface area contributed by atoms with Crippen molar-refractivity contribution in [1.82, 2.24) is 5.32 Å². The standard InChI is InChI=1S/C18H26N2O4S/c21-18(19-12-17-6-3-11-25(17,22)23)20-15-9-7-14(8-10-15)13-24-16-4-1-2-5-16/h7-10,16-17H,1-6,11-13H2,(H2,19,20,21)/t17-/m1/s1. The molecule has 2 aliphatic rings. The van der Waals surface area contributed by atoms with Gasteiger partial charge in [-0.3, -0.25) is 0 Å². The highest BCUT2D eigenvalue weighted by molar-refractivity contribution is 7.92. The quantitative estimate of drug-likeness (QED) is 0.811. The van der Waals surface area contributed by atoms with Crippen molar-refractivity contribution in [2.75, 3.05) is 17.6 Å². The summed E-state index contributed by atoms with van der Waals surface area (Å²) < 4.78 is 29.4. The summed E-state index contributed by atoms with van der Waals surface area (Å²) in [5, 5.41) is 4.93. The largest absolute Gasteiger partial charge is 0.374 e. The lowest BCUT2D eigenvalue weighted by molar-refractivity contribution is 0.0457. The van der Waals surface area contributed by atoms with Crippen LogP contribution in [0.3, 0.4) is 0 Å². The molecular formula is C18H26N2O4S. The van der Waals surface area contributed by atoms with Gasteiger partial charge in [0.25, 0.3) is 0 Å². The summed E-state index contributed by atoms with van der Waals surface area (Å²) in [5.41, 5.74) is 1.76. The summed E-state index contributed by atoms with van der Waals surface area (Å²) >= 11 is 0. The molecule has 1 aliphatic carbocycles. The van der Waals surface area contributed by atoms with Crippen molar-refractivity contribution in [3.8, 4) is 0 Å². The van der Waals surface area contributed by atoms with Crippen LogP contribution in [0.25, 0.3) is 0 Å². The Morgan fingerprint density at radius 3 is 2.44 bits per heavy atom. The lowest BCUT2D eigenvalue weighted by Gasteiger charge is -2.13. The van der Waals surface area contributed by atoms with Gasteiger partial charge in [0, 0.05) is 12.2 Å². The van der Waals surface area contributed by atoms with Crippen LogP contribution < -0.4 is 10.6 Å². The molecule has 1 heterocycles. The zero-order chi connectivity index (χ0) is 17.7. The number of carbonyl (C=O) groups is 1. The molecule has 1 atom stereocenters. The Hall–Kier alpha value is -1.60. The number of urea groups is 1. The van der Waals surface area contributed by atoms with Crippen molar-refractivity contribution in [3.05, 3.63) is 29.8 Å². The van der Waals surface area contributed by atoms with Crippen LogP contribution in [0.15, 0.2) is 24.3 Å². The zero-order valence-corrected chi connectivity index (χ0v) is 15.2. The highest BCUT2D eigenvalue weighted by Crippen LogP contribution is 2.22. The number of amides is 2. The average Bonchev–Trinajstić information content (AvgIpc) is 3.21. The number of carbonyl (C=O) groups excluding carboxylic acids is 1. The number of benzene rings is 1. The predicted octanol–water partition coefficient (Wildman–Crippen LogP) is 2.84. The van der Waals surface area contributed by atoms with Crippen molar-refractivity contribution in [2.24, 2.45) is 0 Å². The van der Waals surface area contributed by atoms with Crippen molar-refractivity contribution in [1.29, 1.82) is 0 Å². The van der Waals surface area contributed by atoms with Gasteiger partial charge in [-0.25, -0.2) is 13.2 Å². The summed E-state index contributed by atoms with van der Waals surface area (Å²) in [6, 6.07) is 7.16. The maximum atomic E-state index is 11.9. The number of hydrogen-bond donors (Lipinski definition) is 2. The molecule has 25 heavy (non-hydrogen) atoms. The van der Waals surface area contributed by atoms with Crippen LogP contribution >= 0.6 is 0 Å². The second-order valence-electron chi connectivity index (χ2n) is 6.88. The highest BCUT2D eigenvalue weighted by Gasteiger charge is 2.31. The first-order valence-corrected chi connectivity index (χ1v) is 10.7. The van der Waals surface area contributed by atoms with E-state index in [9.17, 15) is 13.2 Å². The SMILES string of the molecule is O=C(NC[C@H]1CCCS1(=O)=O)Nc1ccc(COC2CCCC2)cc1. The fraction of sp³-hybridized carbons (Fsp3) is 0.611. The molecule has 138 valence electrons. The van der Waals surface area contributed by atoms with Crippen LogP contribution in [0.5, 0.6) is 0 Å². The Labute approximate surface area is 149 Å². The van der Waals surface area contributed by atoms with Gasteiger partial charge in [-0.15, -0.1) is 0 Å². The van der Waals surface area contributed by atoms with Crippen LogP contribution in [-0.4, -0.2) is 38.1 Å². The lowest BCUT2D eigenvalue weighted by atomic mass is 10.2. The van der Waals surface area contributed by atoms with Crippen molar-refractivity contribution in [3.63, 3.8) is 0 Å². The topological polar surface area (TPSA) is 84.5 Å². The fourth-order valence-electron chi connectivity index (χ4n) is 3.42. The highest BCUT2D eigenvalue weighted by atomic mass is 32.2. The number of ether oxygens (including phenoxy) is 1. The molecule has 0 radical (unpaired) electrons. The van der Waals surface area contributed by atoms with E-state index >= 15 is 0 Å². The summed E-state index contributed by atoms with van der Waals surface area (Å²) in [6.45, 7) is 0.762. The van der Waals surface area contributed by atoms with Crippen LogP contribution in [0.1, 0.15) is 44.1 Å². The molecule has 0 unspecified atom stereocenters. The van der Waals surface area contributed by atoms with Gasteiger partial charge in [0.15, 0.2) is 9.84 Å². The molecule has 1 saturated heterocycles. The number of nitrogens with one attached hydrogen (secondary N) is 2. The van der Waals surface area contributed by atoms with Gasteiger partial charge in [0.2, 0.25) is 0 Å². The van der Waals surface area contributed by atoms with Gasteiger partial charge in [-0.2, -0.15) is 0 Å². The summed E-state index contributed by atoms with van der Waals surface area (Å²) in [6.07, 6.45) is 6.50. The first-order chi connectivity index (χ1) is 12.0.